The molecular weight excluding hydrogens is 336 g/mol. The molecule has 1 N–H and O–H groups in total. The summed E-state index contributed by atoms with van der Waals surface area (Å²) in [7, 11) is 0. The van der Waals surface area contributed by atoms with Gasteiger partial charge < -0.3 is 15.1 Å². The van der Waals surface area contributed by atoms with Gasteiger partial charge in [0, 0.05) is 44.2 Å². The van der Waals surface area contributed by atoms with Crippen molar-refractivity contribution in [2.75, 3.05) is 31.1 Å². The maximum absolute atomic E-state index is 13.0. The van der Waals surface area contributed by atoms with Crippen LogP contribution in [-0.4, -0.2) is 53.9 Å². The smallest absolute Gasteiger partial charge is 0.245 e. The number of amides is 2. The molecule has 1 fully saturated rings. The zero-order valence-corrected chi connectivity index (χ0v) is 16.5. The molecule has 6 nitrogen and oxygen atoms in total. The number of carbonyl (C=O) groups excluding carboxylic acids is 2. The van der Waals surface area contributed by atoms with E-state index in [-0.39, 0.29) is 23.7 Å². The van der Waals surface area contributed by atoms with Crippen LogP contribution < -0.4 is 10.2 Å². The van der Waals surface area contributed by atoms with Crippen molar-refractivity contribution in [2.45, 2.75) is 46.6 Å². The molecule has 1 aliphatic rings. The van der Waals surface area contributed by atoms with Crippen LogP contribution in [0.1, 0.15) is 40.5 Å². The molecule has 25 heavy (non-hydrogen) atoms. The lowest BCUT2D eigenvalue weighted by molar-refractivity contribution is -0.137. The second-order valence-corrected chi connectivity index (χ2v) is 8.24. The van der Waals surface area contributed by atoms with Crippen LogP contribution >= 0.6 is 11.3 Å². The minimum Gasteiger partial charge on any atom is -0.346 e. The first kappa shape index (κ1) is 19.7. The number of anilines is 1. The quantitative estimate of drug-likeness (QED) is 0.839. The molecule has 0 aliphatic carbocycles. The van der Waals surface area contributed by atoms with E-state index in [9.17, 15) is 9.59 Å². The van der Waals surface area contributed by atoms with E-state index in [0.29, 0.717) is 13.0 Å². The Labute approximate surface area is 154 Å². The minimum atomic E-state index is -0.447. The standard InChI is InChI=1S/C18H30N4O2S/c1-13(2)12-15(23)20-16(14(3)4)17(24)21-7-5-8-22(10-9-21)18-19-6-11-25-18/h6,11,13-14,16H,5,7-10,12H2,1-4H3,(H,20,23). The van der Waals surface area contributed by atoms with Gasteiger partial charge in [0.1, 0.15) is 6.04 Å². The van der Waals surface area contributed by atoms with E-state index >= 15 is 0 Å². The average Bonchev–Trinajstić information content (AvgIpc) is 2.95. The Morgan fingerprint density at radius 3 is 2.56 bits per heavy atom. The molecule has 0 radical (unpaired) electrons. The van der Waals surface area contributed by atoms with Gasteiger partial charge in [-0.1, -0.05) is 27.7 Å². The van der Waals surface area contributed by atoms with E-state index in [1.54, 1.807) is 11.3 Å². The van der Waals surface area contributed by atoms with Gasteiger partial charge in [-0.2, -0.15) is 0 Å². The molecule has 140 valence electrons. The first-order valence-electron chi connectivity index (χ1n) is 9.11. The van der Waals surface area contributed by atoms with E-state index in [0.717, 1.165) is 31.2 Å². The molecule has 1 saturated heterocycles. The van der Waals surface area contributed by atoms with E-state index < -0.39 is 6.04 Å². The molecule has 0 bridgehead atoms. The third-order valence-corrected chi connectivity index (χ3v) is 5.17. The van der Waals surface area contributed by atoms with Crippen molar-refractivity contribution in [2.24, 2.45) is 11.8 Å². The lowest BCUT2D eigenvalue weighted by Gasteiger charge is -2.29. The lowest BCUT2D eigenvalue weighted by Crippen LogP contribution is -2.52. The number of hydrogen-bond donors (Lipinski definition) is 1. The zero-order valence-electron chi connectivity index (χ0n) is 15.7. The Hall–Kier alpha value is -1.63. The van der Waals surface area contributed by atoms with Crippen LogP contribution in [-0.2, 0) is 9.59 Å². The SMILES string of the molecule is CC(C)CC(=O)NC(C(=O)N1CCCN(c2nccs2)CC1)C(C)C. The number of rotatable bonds is 6. The Morgan fingerprint density at radius 1 is 1.20 bits per heavy atom. The predicted octanol–water partition coefficient (Wildman–Crippen LogP) is 2.37. The summed E-state index contributed by atoms with van der Waals surface area (Å²) in [6.45, 7) is 11.1. The summed E-state index contributed by atoms with van der Waals surface area (Å²) in [6, 6.07) is -0.447. The van der Waals surface area contributed by atoms with Crippen molar-refractivity contribution >= 4 is 28.3 Å². The maximum Gasteiger partial charge on any atom is 0.245 e. The molecule has 0 saturated carbocycles. The normalized spacial score (nSPS) is 16.9. The molecule has 2 amide bonds. The predicted molar refractivity (Wildman–Crippen MR) is 102 cm³/mol. The second kappa shape index (κ2) is 9.17. The molecule has 7 heteroatoms. The maximum atomic E-state index is 13.0. The summed E-state index contributed by atoms with van der Waals surface area (Å²) in [5.41, 5.74) is 0. The molecule has 1 atom stereocenters. The monoisotopic (exact) mass is 366 g/mol. The van der Waals surface area contributed by atoms with Crippen molar-refractivity contribution in [3.63, 3.8) is 0 Å². The van der Waals surface area contributed by atoms with Crippen molar-refractivity contribution in [1.29, 1.82) is 0 Å². The third kappa shape index (κ3) is 5.70. The van der Waals surface area contributed by atoms with E-state index in [4.69, 9.17) is 0 Å². The highest BCUT2D eigenvalue weighted by molar-refractivity contribution is 7.13. The number of aromatic nitrogens is 1. The van der Waals surface area contributed by atoms with Gasteiger partial charge in [-0.3, -0.25) is 9.59 Å². The highest BCUT2D eigenvalue weighted by Gasteiger charge is 2.30. The van der Waals surface area contributed by atoms with Crippen molar-refractivity contribution < 1.29 is 9.59 Å². The third-order valence-electron chi connectivity index (χ3n) is 4.34. The van der Waals surface area contributed by atoms with Crippen molar-refractivity contribution in [1.82, 2.24) is 15.2 Å². The summed E-state index contributed by atoms with van der Waals surface area (Å²) in [6.07, 6.45) is 3.18. The molecule has 0 aromatic carbocycles. The first-order chi connectivity index (χ1) is 11.9. The van der Waals surface area contributed by atoms with Gasteiger partial charge in [-0.25, -0.2) is 4.98 Å². The summed E-state index contributed by atoms with van der Waals surface area (Å²) in [5.74, 6) is 0.351. The topological polar surface area (TPSA) is 65.5 Å². The van der Waals surface area contributed by atoms with Crippen molar-refractivity contribution in [3.05, 3.63) is 11.6 Å². The Morgan fingerprint density at radius 2 is 1.96 bits per heavy atom. The van der Waals surface area contributed by atoms with E-state index in [1.165, 1.54) is 0 Å². The van der Waals surface area contributed by atoms with Gasteiger partial charge in [-0.05, 0) is 18.3 Å². The van der Waals surface area contributed by atoms with Crippen molar-refractivity contribution in [3.8, 4) is 0 Å². The molecule has 0 spiro atoms. The number of nitrogens with one attached hydrogen (secondary N) is 1. The number of carbonyl (C=O) groups is 2. The minimum absolute atomic E-state index is 0.0353. The van der Waals surface area contributed by atoms with Crippen LogP contribution in [0.25, 0.3) is 0 Å². The summed E-state index contributed by atoms with van der Waals surface area (Å²) in [5, 5.41) is 5.94. The van der Waals surface area contributed by atoms with Gasteiger partial charge in [0.25, 0.3) is 0 Å². The molecule has 1 unspecified atom stereocenters. The van der Waals surface area contributed by atoms with Crippen LogP contribution in [0.4, 0.5) is 5.13 Å². The fourth-order valence-corrected chi connectivity index (χ4v) is 3.71. The van der Waals surface area contributed by atoms with Crippen LogP contribution in [0.3, 0.4) is 0 Å². The van der Waals surface area contributed by atoms with Crippen LogP contribution in [0.5, 0.6) is 0 Å². The molecule has 2 heterocycles. The fourth-order valence-electron chi connectivity index (χ4n) is 3.01. The summed E-state index contributed by atoms with van der Waals surface area (Å²) < 4.78 is 0. The Kier molecular flexibility index (Phi) is 7.23. The van der Waals surface area contributed by atoms with Gasteiger partial charge >= 0.3 is 0 Å². The highest BCUT2D eigenvalue weighted by Crippen LogP contribution is 2.19. The van der Waals surface area contributed by atoms with Crippen LogP contribution in [0.2, 0.25) is 0 Å². The van der Waals surface area contributed by atoms with Crippen LogP contribution in [0.15, 0.2) is 11.6 Å². The fraction of sp³-hybridized carbons (Fsp3) is 0.722. The van der Waals surface area contributed by atoms with Crippen LogP contribution in [0, 0.1) is 11.8 Å². The van der Waals surface area contributed by atoms with E-state index in [1.807, 2.05) is 44.2 Å². The first-order valence-corrected chi connectivity index (χ1v) is 9.99. The molecule has 1 aromatic rings. The summed E-state index contributed by atoms with van der Waals surface area (Å²) in [4.78, 5) is 33.6. The van der Waals surface area contributed by atoms with Gasteiger partial charge in [0.05, 0.1) is 0 Å². The second-order valence-electron chi connectivity index (χ2n) is 7.37. The average molecular weight is 367 g/mol. The van der Waals surface area contributed by atoms with Gasteiger partial charge in [0.15, 0.2) is 5.13 Å². The number of thiazole rings is 1. The molecular formula is C18H30N4O2S. The number of hydrogen-bond acceptors (Lipinski definition) is 5. The van der Waals surface area contributed by atoms with E-state index in [2.05, 4.69) is 15.2 Å². The largest absolute Gasteiger partial charge is 0.346 e. The van der Waals surface area contributed by atoms with Gasteiger partial charge in [0.2, 0.25) is 11.8 Å². The molecule has 1 aliphatic heterocycles. The Bertz CT molecular complexity index is 559. The Balaban J connectivity index is 1.97. The zero-order chi connectivity index (χ0) is 18.4. The summed E-state index contributed by atoms with van der Waals surface area (Å²) >= 11 is 1.63. The molecule has 2 rings (SSSR count). The van der Waals surface area contributed by atoms with Gasteiger partial charge in [-0.15, -0.1) is 11.3 Å². The molecule has 1 aromatic heterocycles. The lowest BCUT2D eigenvalue weighted by atomic mass is 10.0. The number of nitrogens with zero attached hydrogens (tertiary/aromatic N) is 3. The highest BCUT2D eigenvalue weighted by atomic mass is 32.1.